The van der Waals surface area contributed by atoms with Crippen LogP contribution in [0.2, 0.25) is 0 Å². The fourth-order valence-corrected chi connectivity index (χ4v) is 3.45. The van der Waals surface area contributed by atoms with E-state index in [1.165, 1.54) is 18.6 Å². The predicted octanol–water partition coefficient (Wildman–Crippen LogP) is 4.15. The van der Waals surface area contributed by atoms with Crippen LogP contribution in [-0.2, 0) is 4.79 Å². The first-order chi connectivity index (χ1) is 13.5. The molecule has 2 unspecified atom stereocenters. The Bertz CT molecular complexity index is 840. The molecule has 1 aliphatic rings. The molecule has 28 heavy (non-hydrogen) atoms. The van der Waals surface area contributed by atoms with Gasteiger partial charge >= 0.3 is 0 Å². The second-order valence-corrected chi connectivity index (χ2v) is 7.15. The van der Waals surface area contributed by atoms with Crippen molar-refractivity contribution in [2.24, 2.45) is 5.92 Å². The Morgan fingerprint density at radius 1 is 1.07 bits per heavy atom. The molecule has 0 aliphatic heterocycles. The highest BCUT2D eigenvalue weighted by atomic mass is 19.1. The summed E-state index contributed by atoms with van der Waals surface area (Å²) < 4.78 is 19.2. The maximum atomic E-state index is 13.6. The van der Waals surface area contributed by atoms with Crippen molar-refractivity contribution < 1.29 is 18.7 Å². The molecule has 0 bridgehead atoms. The van der Waals surface area contributed by atoms with E-state index in [1.807, 2.05) is 0 Å². The average Bonchev–Trinajstić information content (AvgIpc) is 2.70. The molecule has 2 aromatic rings. The summed E-state index contributed by atoms with van der Waals surface area (Å²) in [5.74, 6) is -0.452. The van der Waals surface area contributed by atoms with Gasteiger partial charge in [-0.15, -0.1) is 0 Å². The maximum absolute atomic E-state index is 13.6. The Labute approximate surface area is 164 Å². The predicted molar refractivity (Wildman–Crippen MR) is 106 cm³/mol. The standard InChI is InChI=1S/C22H25FN2O3/c1-15-8-2-5-11-18(15)25-22(27)16-9-3-7-13-20(16)28-14-21(26)24-19-12-6-4-10-17(19)23/h3-4,6-7,9-10,12-13,15,18H,2,5,8,11,14H2,1H3,(H,24,26)(H,25,27). The van der Waals surface area contributed by atoms with Gasteiger partial charge < -0.3 is 15.4 Å². The van der Waals surface area contributed by atoms with Crippen LogP contribution in [0.4, 0.5) is 10.1 Å². The normalized spacial score (nSPS) is 18.9. The van der Waals surface area contributed by atoms with Gasteiger partial charge in [-0.05, 0) is 43.0 Å². The Morgan fingerprint density at radius 3 is 2.57 bits per heavy atom. The SMILES string of the molecule is CC1CCCCC1NC(=O)c1ccccc1OCC(=O)Nc1ccccc1F. The first kappa shape index (κ1) is 19.9. The summed E-state index contributed by atoms with van der Waals surface area (Å²) in [6.07, 6.45) is 4.40. The number of ether oxygens (including phenoxy) is 1. The van der Waals surface area contributed by atoms with Gasteiger partial charge in [0.25, 0.3) is 11.8 Å². The lowest BCUT2D eigenvalue weighted by molar-refractivity contribution is -0.118. The molecule has 148 valence electrons. The summed E-state index contributed by atoms with van der Waals surface area (Å²) in [4.78, 5) is 24.8. The number of carbonyl (C=O) groups is 2. The van der Waals surface area contributed by atoms with Gasteiger partial charge in [0.15, 0.2) is 6.61 Å². The van der Waals surface area contributed by atoms with Crippen molar-refractivity contribution in [1.29, 1.82) is 0 Å². The summed E-state index contributed by atoms with van der Waals surface area (Å²) in [6, 6.07) is 12.9. The van der Waals surface area contributed by atoms with E-state index < -0.39 is 11.7 Å². The molecule has 0 saturated heterocycles. The lowest BCUT2D eigenvalue weighted by atomic mass is 9.86. The molecule has 1 saturated carbocycles. The zero-order valence-electron chi connectivity index (χ0n) is 15.9. The number of nitrogens with one attached hydrogen (secondary N) is 2. The van der Waals surface area contributed by atoms with Gasteiger partial charge in [0.05, 0.1) is 11.3 Å². The Balaban J connectivity index is 1.61. The van der Waals surface area contributed by atoms with Gasteiger partial charge in [0.1, 0.15) is 11.6 Å². The van der Waals surface area contributed by atoms with Crippen LogP contribution in [0.5, 0.6) is 5.75 Å². The minimum absolute atomic E-state index is 0.0911. The highest BCUT2D eigenvalue weighted by Gasteiger charge is 2.24. The molecule has 2 atom stereocenters. The summed E-state index contributed by atoms with van der Waals surface area (Å²) >= 11 is 0. The van der Waals surface area contributed by atoms with Crippen molar-refractivity contribution in [3.63, 3.8) is 0 Å². The second-order valence-electron chi connectivity index (χ2n) is 7.15. The molecule has 0 heterocycles. The fraction of sp³-hybridized carbons (Fsp3) is 0.364. The highest BCUT2D eigenvalue weighted by molar-refractivity contribution is 5.97. The number of carbonyl (C=O) groups excluding carboxylic acids is 2. The zero-order chi connectivity index (χ0) is 19.9. The van der Waals surface area contributed by atoms with Crippen molar-refractivity contribution in [1.82, 2.24) is 5.32 Å². The van der Waals surface area contributed by atoms with Gasteiger partial charge in [-0.3, -0.25) is 9.59 Å². The van der Waals surface area contributed by atoms with Crippen molar-refractivity contribution >= 4 is 17.5 Å². The van der Waals surface area contributed by atoms with Crippen LogP contribution in [0.1, 0.15) is 43.0 Å². The topological polar surface area (TPSA) is 67.4 Å². The molecule has 0 radical (unpaired) electrons. The van der Waals surface area contributed by atoms with E-state index in [1.54, 1.807) is 36.4 Å². The summed E-state index contributed by atoms with van der Waals surface area (Å²) in [5, 5.41) is 5.55. The molecule has 0 spiro atoms. The van der Waals surface area contributed by atoms with Crippen molar-refractivity contribution in [2.45, 2.75) is 38.6 Å². The third-order valence-corrected chi connectivity index (χ3v) is 5.07. The maximum Gasteiger partial charge on any atom is 0.262 e. The van der Waals surface area contributed by atoms with Crippen molar-refractivity contribution in [3.8, 4) is 5.75 Å². The van der Waals surface area contributed by atoms with Crippen molar-refractivity contribution in [3.05, 3.63) is 59.9 Å². The average molecular weight is 384 g/mol. The monoisotopic (exact) mass is 384 g/mol. The van der Waals surface area contributed by atoms with E-state index >= 15 is 0 Å². The molecule has 1 aliphatic carbocycles. The van der Waals surface area contributed by atoms with Crippen LogP contribution in [-0.4, -0.2) is 24.5 Å². The quantitative estimate of drug-likeness (QED) is 0.786. The highest BCUT2D eigenvalue weighted by Crippen LogP contribution is 2.25. The summed E-state index contributed by atoms with van der Waals surface area (Å²) in [6.45, 7) is 1.83. The lowest BCUT2D eigenvalue weighted by Crippen LogP contribution is -2.41. The van der Waals surface area contributed by atoms with E-state index in [4.69, 9.17) is 4.74 Å². The number of hydrogen-bond donors (Lipinski definition) is 2. The fourth-order valence-electron chi connectivity index (χ4n) is 3.45. The van der Waals surface area contributed by atoms with E-state index in [-0.39, 0.29) is 24.2 Å². The molecular formula is C22H25FN2O3. The molecule has 1 fully saturated rings. The number of halogens is 1. The first-order valence-corrected chi connectivity index (χ1v) is 9.61. The number of anilines is 1. The molecule has 2 aromatic carbocycles. The molecule has 3 rings (SSSR count). The molecule has 2 amide bonds. The van der Waals surface area contributed by atoms with E-state index in [0.29, 0.717) is 17.2 Å². The smallest absolute Gasteiger partial charge is 0.262 e. The van der Waals surface area contributed by atoms with Crippen LogP contribution in [0.25, 0.3) is 0 Å². The van der Waals surface area contributed by atoms with Gasteiger partial charge in [0.2, 0.25) is 0 Å². The van der Waals surface area contributed by atoms with Crippen LogP contribution < -0.4 is 15.4 Å². The molecule has 0 aromatic heterocycles. The van der Waals surface area contributed by atoms with Gasteiger partial charge in [-0.2, -0.15) is 0 Å². The largest absolute Gasteiger partial charge is 0.483 e. The summed E-state index contributed by atoms with van der Waals surface area (Å²) in [7, 11) is 0. The third-order valence-electron chi connectivity index (χ3n) is 5.07. The van der Waals surface area contributed by atoms with Gasteiger partial charge in [0, 0.05) is 6.04 Å². The molecular weight excluding hydrogens is 359 g/mol. The minimum Gasteiger partial charge on any atom is -0.483 e. The molecule has 6 heteroatoms. The van der Waals surface area contributed by atoms with E-state index in [0.717, 1.165) is 19.3 Å². The Kier molecular flexibility index (Phi) is 6.63. The third kappa shape index (κ3) is 5.09. The van der Waals surface area contributed by atoms with Crippen LogP contribution in [0.15, 0.2) is 48.5 Å². The van der Waals surface area contributed by atoms with Crippen LogP contribution in [0.3, 0.4) is 0 Å². The number of rotatable bonds is 6. The number of hydrogen-bond acceptors (Lipinski definition) is 3. The zero-order valence-corrected chi connectivity index (χ0v) is 15.9. The van der Waals surface area contributed by atoms with Gasteiger partial charge in [-0.25, -0.2) is 4.39 Å². The van der Waals surface area contributed by atoms with Crippen LogP contribution in [0, 0.1) is 11.7 Å². The van der Waals surface area contributed by atoms with Gasteiger partial charge in [-0.1, -0.05) is 44.0 Å². The van der Waals surface area contributed by atoms with Crippen LogP contribution >= 0.6 is 0 Å². The van der Waals surface area contributed by atoms with E-state index in [9.17, 15) is 14.0 Å². The Morgan fingerprint density at radius 2 is 1.79 bits per heavy atom. The first-order valence-electron chi connectivity index (χ1n) is 9.61. The number of benzene rings is 2. The second kappa shape index (κ2) is 9.35. The number of amides is 2. The lowest BCUT2D eigenvalue weighted by Gasteiger charge is -2.29. The number of para-hydroxylation sites is 2. The summed E-state index contributed by atoms with van der Waals surface area (Å²) in [5.41, 5.74) is 0.479. The Hall–Kier alpha value is -2.89. The molecule has 2 N–H and O–H groups in total. The minimum atomic E-state index is -0.516. The molecule has 5 nitrogen and oxygen atoms in total. The van der Waals surface area contributed by atoms with Crippen molar-refractivity contribution in [2.75, 3.05) is 11.9 Å². The van der Waals surface area contributed by atoms with E-state index in [2.05, 4.69) is 17.6 Å².